The normalized spacial score (nSPS) is 32.1. The summed E-state index contributed by atoms with van der Waals surface area (Å²) < 4.78 is 0. The van der Waals surface area contributed by atoms with Crippen LogP contribution in [0.2, 0.25) is 0 Å². The quantitative estimate of drug-likeness (QED) is 0.743. The van der Waals surface area contributed by atoms with Crippen molar-refractivity contribution < 1.29 is 4.79 Å². The van der Waals surface area contributed by atoms with Crippen LogP contribution in [0.15, 0.2) is 0 Å². The van der Waals surface area contributed by atoms with Gasteiger partial charge in [-0.3, -0.25) is 9.69 Å². The van der Waals surface area contributed by atoms with Crippen LogP contribution in [0.25, 0.3) is 0 Å². The van der Waals surface area contributed by atoms with E-state index in [2.05, 4.69) is 10.2 Å². The molecule has 0 aromatic rings. The molecule has 1 saturated heterocycles. The number of carbonyl (C=O) groups is 1. The zero-order valence-corrected chi connectivity index (χ0v) is 9.80. The monoisotopic (exact) mass is 230 g/mol. The summed E-state index contributed by atoms with van der Waals surface area (Å²) >= 11 is 5.51. The molecule has 2 aliphatic rings. The van der Waals surface area contributed by atoms with Gasteiger partial charge in [0, 0.05) is 12.1 Å². The summed E-state index contributed by atoms with van der Waals surface area (Å²) in [7, 11) is 0. The molecule has 1 aliphatic heterocycles. The predicted octanol–water partition coefficient (Wildman–Crippen LogP) is 1.36. The second-order valence-corrected chi connectivity index (χ2v) is 4.82. The van der Waals surface area contributed by atoms with Crippen molar-refractivity contribution in [3.05, 3.63) is 0 Å². The van der Waals surface area contributed by atoms with Gasteiger partial charge in [0.1, 0.15) is 5.88 Å². The Balaban J connectivity index is 1.89. The van der Waals surface area contributed by atoms with Crippen molar-refractivity contribution in [2.45, 2.75) is 44.2 Å². The molecule has 2 rings (SSSR count). The molecule has 1 amide bonds. The van der Waals surface area contributed by atoms with E-state index in [1.54, 1.807) is 0 Å². The molecule has 15 heavy (non-hydrogen) atoms. The maximum absolute atomic E-state index is 11.3. The Labute approximate surface area is 96.2 Å². The Morgan fingerprint density at radius 3 is 2.67 bits per heavy atom. The highest BCUT2D eigenvalue weighted by Gasteiger charge is 2.33. The Morgan fingerprint density at radius 1 is 1.27 bits per heavy atom. The Bertz CT molecular complexity index is 229. The highest BCUT2D eigenvalue weighted by molar-refractivity contribution is 6.27. The smallest absolute Gasteiger partial charge is 0.235 e. The first-order valence-electron chi connectivity index (χ1n) is 5.90. The number of halogens is 1. The molecule has 0 aromatic heterocycles. The van der Waals surface area contributed by atoms with Gasteiger partial charge in [-0.05, 0) is 45.2 Å². The molecule has 1 aliphatic carbocycles. The van der Waals surface area contributed by atoms with E-state index in [4.69, 9.17) is 11.6 Å². The molecule has 1 saturated carbocycles. The number of carbonyl (C=O) groups excluding carboxylic acids is 1. The second kappa shape index (κ2) is 5.17. The molecule has 2 atom stereocenters. The van der Waals surface area contributed by atoms with Crippen LogP contribution in [0.1, 0.15) is 32.1 Å². The van der Waals surface area contributed by atoms with Gasteiger partial charge in [-0.2, -0.15) is 0 Å². The van der Waals surface area contributed by atoms with E-state index in [0.717, 1.165) is 6.42 Å². The van der Waals surface area contributed by atoms with E-state index in [1.807, 2.05) is 0 Å². The second-order valence-electron chi connectivity index (χ2n) is 4.55. The molecule has 86 valence electrons. The summed E-state index contributed by atoms with van der Waals surface area (Å²) in [6.45, 7) is 2.41. The van der Waals surface area contributed by atoms with Crippen molar-refractivity contribution in [2.75, 3.05) is 19.0 Å². The summed E-state index contributed by atoms with van der Waals surface area (Å²) in [6.07, 6.45) is 6.20. The third kappa shape index (κ3) is 2.64. The summed E-state index contributed by atoms with van der Waals surface area (Å²) in [5.74, 6) is 0.0659. The Morgan fingerprint density at radius 2 is 2.00 bits per heavy atom. The van der Waals surface area contributed by atoms with Crippen molar-refractivity contribution >= 4 is 17.5 Å². The lowest BCUT2D eigenvalue weighted by Gasteiger charge is -2.29. The fourth-order valence-electron chi connectivity index (χ4n) is 2.86. The first-order chi connectivity index (χ1) is 7.31. The summed E-state index contributed by atoms with van der Waals surface area (Å²) in [5, 5.41) is 3.04. The lowest BCUT2D eigenvalue weighted by atomic mass is 10.1. The number of nitrogens with one attached hydrogen (secondary N) is 1. The standard InChI is InChI=1S/C11H19ClN2O/c12-8-11(15)13-9-4-3-5-10(9)14-6-1-2-7-14/h9-10H,1-8H2,(H,13,15)/t9-,10+/m0/s1. The minimum absolute atomic E-state index is 0.0206. The molecule has 1 heterocycles. The van der Waals surface area contributed by atoms with Crippen molar-refractivity contribution in [2.24, 2.45) is 0 Å². The maximum atomic E-state index is 11.3. The molecule has 2 fully saturated rings. The topological polar surface area (TPSA) is 32.3 Å². The predicted molar refractivity (Wildman–Crippen MR) is 61.1 cm³/mol. The fraction of sp³-hybridized carbons (Fsp3) is 0.909. The van der Waals surface area contributed by atoms with Crippen molar-refractivity contribution in [3.63, 3.8) is 0 Å². The minimum atomic E-state index is -0.0206. The van der Waals surface area contributed by atoms with Gasteiger partial charge in [-0.1, -0.05) is 0 Å². The number of hydrogen-bond donors (Lipinski definition) is 1. The maximum Gasteiger partial charge on any atom is 0.235 e. The zero-order valence-electron chi connectivity index (χ0n) is 9.04. The van der Waals surface area contributed by atoms with Crippen LogP contribution in [0.5, 0.6) is 0 Å². The van der Waals surface area contributed by atoms with Crippen LogP contribution in [-0.4, -0.2) is 41.9 Å². The number of likely N-dealkylation sites (tertiary alicyclic amines) is 1. The number of alkyl halides is 1. The lowest BCUT2D eigenvalue weighted by Crippen LogP contribution is -2.48. The molecule has 4 heteroatoms. The van der Waals surface area contributed by atoms with Crippen LogP contribution in [0, 0.1) is 0 Å². The molecular formula is C11H19ClN2O. The Hall–Kier alpha value is -0.280. The van der Waals surface area contributed by atoms with Crippen LogP contribution in [0.3, 0.4) is 0 Å². The van der Waals surface area contributed by atoms with Crippen LogP contribution in [0.4, 0.5) is 0 Å². The van der Waals surface area contributed by atoms with Crippen molar-refractivity contribution in [3.8, 4) is 0 Å². The van der Waals surface area contributed by atoms with E-state index in [-0.39, 0.29) is 11.8 Å². The van der Waals surface area contributed by atoms with Gasteiger partial charge >= 0.3 is 0 Å². The van der Waals surface area contributed by atoms with E-state index >= 15 is 0 Å². The van der Waals surface area contributed by atoms with Gasteiger partial charge in [0.25, 0.3) is 0 Å². The van der Waals surface area contributed by atoms with E-state index < -0.39 is 0 Å². The summed E-state index contributed by atoms with van der Waals surface area (Å²) in [5.41, 5.74) is 0. The van der Waals surface area contributed by atoms with E-state index in [1.165, 1.54) is 38.8 Å². The number of rotatable bonds is 3. The molecule has 0 spiro atoms. The molecule has 3 nitrogen and oxygen atoms in total. The zero-order chi connectivity index (χ0) is 10.7. The van der Waals surface area contributed by atoms with Gasteiger partial charge in [0.05, 0.1) is 0 Å². The van der Waals surface area contributed by atoms with Gasteiger partial charge in [-0.25, -0.2) is 0 Å². The van der Waals surface area contributed by atoms with E-state index in [0.29, 0.717) is 12.1 Å². The van der Waals surface area contributed by atoms with Crippen molar-refractivity contribution in [1.82, 2.24) is 10.2 Å². The average Bonchev–Trinajstić information content (AvgIpc) is 2.86. The van der Waals surface area contributed by atoms with E-state index in [9.17, 15) is 4.79 Å². The first-order valence-corrected chi connectivity index (χ1v) is 6.44. The molecule has 0 aromatic carbocycles. The number of hydrogen-bond acceptors (Lipinski definition) is 2. The lowest BCUT2D eigenvalue weighted by molar-refractivity contribution is -0.119. The molecule has 1 N–H and O–H groups in total. The van der Waals surface area contributed by atoms with Crippen LogP contribution in [-0.2, 0) is 4.79 Å². The summed E-state index contributed by atoms with van der Waals surface area (Å²) in [4.78, 5) is 13.8. The SMILES string of the molecule is O=C(CCl)N[C@H]1CCC[C@H]1N1CCCC1. The highest BCUT2D eigenvalue weighted by atomic mass is 35.5. The first kappa shape index (κ1) is 11.2. The molecule has 0 unspecified atom stereocenters. The van der Waals surface area contributed by atoms with Crippen molar-refractivity contribution in [1.29, 1.82) is 0 Å². The highest BCUT2D eigenvalue weighted by Crippen LogP contribution is 2.27. The average molecular weight is 231 g/mol. The largest absolute Gasteiger partial charge is 0.351 e. The van der Waals surface area contributed by atoms with Crippen LogP contribution >= 0.6 is 11.6 Å². The minimum Gasteiger partial charge on any atom is -0.351 e. The number of nitrogens with zero attached hydrogens (tertiary/aromatic N) is 1. The molecular weight excluding hydrogens is 212 g/mol. The third-order valence-electron chi connectivity index (χ3n) is 3.56. The molecule has 0 bridgehead atoms. The van der Waals surface area contributed by atoms with Gasteiger partial charge < -0.3 is 5.32 Å². The number of amides is 1. The Kier molecular flexibility index (Phi) is 3.87. The van der Waals surface area contributed by atoms with Crippen LogP contribution < -0.4 is 5.32 Å². The van der Waals surface area contributed by atoms with Gasteiger partial charge in [0.2, 0.25) is 5.91 Å². The third-order valence-corrected chi connectivity index (χ3v) is 3.80. The van der Waals surface area contributed by atoms with Gasteiger partial charge in [-0.15, -0.1) is 11.6 Å². The summed E-state index contributed by atoms with van der Waals surface area (Å²) in [6, 6.07) is 0.911. The molecule has 0 radical (unpaired) electrons. The van der Waals surface area contributed by atoms with Gasteiger partial charge in [0.15, 0.2) is 0 Å². The fourth-order valence-corrected chi connectivity index (χ4v) is 2.94.